The Balaban J connectivity index is 1.99. The number of anilines is 1. The van der Waals surface area contributed by atoms with Gasteiger partial charge in [-0.05, 0) is 25.5 Å². The molecule has 0 saturated carbocycles. The Bertz CT molecular complexity index is 492. The van der Waals surface area contributed by atoms with Gasteiger partial charge in [0.1, 0.15) is 0 Å². The highest BCUT2D eigenvalue weighted by Gasteiger charge is 2.09. The molecule has 0 spiro atoms. The van der Waals surface area contributed by atoms with Gasteiger partial charge in [-0.15, -0.1) is 11.3 Å². The molecule has 98 valence electrons. The van der Waals surface area contributed by atoms with Gasteiger partial charge in [-0.2, -0.15) is 5.10 Å². The number of aryl methyl sites for hydroxylation is 1. The van der Waals surface area contributed by atoms with E-state index in [1.807, 2.05) is 17.5 Å². The molecular weight excluding hydrogens is 246 g/mol. The molecule has 0 radical (unpaired) electrons. The predicted octanol–water partition coefficient (Wildman–Crippen LogP) is 2.67. The van der Waals surface area contributed by atoms with Crippen molar-refractivity contribution in [1.29, 1.82) is 0 Å². The lowest BCUT2D eigenvalue weighted by molar-refractivity contribution is 0.269. The van der Waals surface area contributed by atoms with Crippen molar-refractivity contribution in [2.24, 2.45) is 0 Å². The third-order valence-electron chi connectivity index (χ3n) is 2.80. The Morgan fingerprint density at radius 1 is 1.50 bits per heavy atom. The number of nitrogens with one attached hydrogen (secondary N) is 1. The highest BCUT2D eigenvalue weighted by atomic mass is 32.1. The predicted molar refractivity (Wildman–Crippen MR) is 75.0 cm³/mol. The standard InChI is InChI=1S/C13H19N3OS/c1-3-12-4-5-13(18-12)10(2)15-11-8-14-16(9-11)6-7-17/h4-5,8-10,15,17H,3,6-7H2,1-2H3. The van der Waals surface area contributed by atoms with E-state index in [4.69, 9.17) is 5.11 Å². The van der Waals surface area contributed by atoms with Crippen LogP contribution in [0.15, 0.2) is 24.5 Å². The van der Waals surface area contributed by atoms with Crippen LogP contribution >= 0.6 is 11.3 Å². The van der Waals surface area contributed by atoms with Gasteiger partial charge in [0.2, 0.25) is 0 Å². The van der Waals surface area contributed by atoms with Crippen molar-refractivity contribution in [3.05, 3.63) is 34.3 Å². The minimum absolute atomic E-state index is 0.113. The number of rotatable bonds is 6. The van der Waals surface area contributed by atoms with Crippen molar-refractivity contribution in [1.82, 2.24) is 9.78 Å². The molecule has 2 heterocycles. The largest absolute Gasteiger partial charge is 0.394 e. The molecule has 2 aromatic rings. The van der Waals surface area contributed by atoms with Crippen LogP contribution in [0.4, 0.5) is 5.69 Å². The summed E-state index contributed by atoms with van der Waals surface area (Å²) in [5, 5.41) is 16.4. The lowest BCUT2D eigenvalue weighted by Gasteiger charge is -2.11. The molecule has 1 unspecified atom stereocenters. The summed E-state index contributed by atoms with van der Waals surface area (Å²) in [4.78, 5) is 2.75. The molecule has 0 bridgehead atoms. The number of nitrogens with zero attached hydrogens (tertiary/aromatic N) is 2. The van der Waals surface area contributed by atoms with Gasteiger partial charge in [-0.3, -0.25) is 4.68 Å². The zero-order chi connectivity index (χ0) is 13.0. The molecule has 0 aliphatic rings. The van der Waals surface area contributed by atoms with Gasteiger partial charge >= 0.3 is 0 Å². The molecule has 0 fully saturated rings. The molecule has 0 aliphatic heterocycles. The van der Waals surface area contributed by atoms with Crippen molar-refractivity contribution in [3.8, 4) is 0 Å². The molecule has 5 heteroatoms. The van der Waals surface area contributed by atoms with E-state index in [9.17, 15) is 0 Å². The smallest absolute Gasteiger partial charge is 0.0731 e. The summed E-state index contributed by atoms with van der Waals surface area (Å²) in [6.07, 6.45) is 4.80. The molecule has 0 saturated heterocycles. The van der Waals surface area contributed by atoms with Crippen LogP contribution < -0.4 is 5.32 Å². The highest BCUT2D eigenvalue weighted by molar-refractivity contribution is 7.12. The molecule has 2 aromatic heterocycles. The topological polar surface area (TPSA) is 50.1 Å². The third-order valence-corrected chi connectivity index (χ3v) is 4.22. The van der Waals surface area contributed by atoms with Crippen molar-refractivity contribution in [2.75, 3.05) is 11.9 Å². The van der Waals surface area contributed by atoms with Crippen LogP contribution in [-0.4, -0.2) is 21.5 Å². The summed E-state index contributed by atoms with van der Waals surface area (Å²) in [6, 6.07) is 4.65. The summed E-state index contributed by atoms with van der Waals surface area (Å²) in [5.74, 6) is 0. The number of thiophene rings is 1. The Morgan fingerprint density at radius 3 is 3.00 bits per heavy atom. The Kier molecular flexibility index (Phi) is 4.38. The van der Waals surface area contributed by atoms with Gasteiger partial charge in [0.25, 0.3) is 0 Å². The maximum atomic E-state index is 8.84. The maximum Gasteiger partial charge on any atom is 0.0731 e. The van der Waals surface area contributed by atoms with E-state index in [0.29, 0.717) is 6.54 Å². The van der Waals surface area contributed by atoms with Gasteiger partial charge in [-0.25, -0.2) is 0 Å². The second kappa shape index (κ2) is 6.02. The number of hydrogen-bond acceptors (Lipinski definition) is 4. The number of aliphatic hydroxyl groups is 1. The molecular formula is C13H19N3OS. The van der Waals surface area contributed by atoms with Crippen molar-refractivity contribution in [3.63, 3.8) is 0 Å². The Labute approximate surface area is 111 Å². The molecule has 2 N–H and O–H groups in total. The summed E-state index contributed by atoms with van der Waals surface area (Å²) < 4.78 is 1.74. The van der Waals surface area contributed by atoms with Gasteiger partial charge in [-0.1, -0.05) is 6.92 Å². The molecule has 2 rings (SSSR count). The first-order valence-corrected chi connectivity index (χ1v) is 7.03. The normalized spacial score (nSPS) is 12.6. The van der Waals surface area contributed by atoms with Crippen molar-refractivity contribution < 1.29 is 5.11 Å². The van der Waals surface area contributed by atoms with Gasteiger partial charge in [0, 0.05) is 16.0 Å². The first-order chi connectivity index (χ1) is 8.72. The number of aliphatic hydroxyl groups excluding tert-OH is 1. The average molecular weight is 265 g/mol. The maximum absolute atomic E-state index is 8.84. The molecule has 0 amide bonds. The summed E-state index contributed by atoms with van der Waals surface area (Å²) in [7, 11) is 0. The minimum atomic E-state index is 0.113. The van der Waals surface area contributed by atoms with Gasteiger partial charge in [0.05, 0.1) is 31.1 Å². The molecule has 1 atom stereocenters. The second-order valence-corrected chi connectivity index (χ2v) is 5.44. The lowest BCUT2D eigenvalue weighted by atomic mass is 10.2. The second-order valence-electron chi connectivity index (χ2n) is 4.24. The fourth-order valence-electron chi connectivity index (χ4n) is 1.80. The third kappa shape index (κ3) is 3.11. The van der Waals surface area contributed by atoms with E-state index in [-0.39, 0.29) is 12.6 Å². The Hall–Kier alpha value is -1.33. The minimum Gasteiger partial charge on any atom is -0.394 e. The monoisotopic (exact) mass is 265 g/mol. The van der Waals surface area contributed by atoms with Gasteiger partial charge in [0.15, 0.2) is 0 Å². The molecule has 4 nitrogen and oxygen atoms in total. The lowest BCUT2D eigenvalue weighted by Crippen LogP contribution is -2.04. The van der Waals surface area contributed by atoms with Crippen LogP contribution in [-0.2, 0) is 13.0 Å². The van der Waals surface area contributed by atoms with E-state index in [1.54, 1.807) is 10.9 Å². The average Bonchev–Trinajstić information content (AvgIpc) is 2.98. The first kappa shape index (κ1) is 13.1. The fourth-order valence-corrected chi connectivity index (χ4v) is 2.76. The molecule has 0 aliphatic carbocycles. The highest BCUT2D eigenvalue weighted by Crippen LogP contribution is 2.26. The van der Waals surface area contributed by atoms with Crippen LogP contribution in [0, 0.1) is 0 Å². The SMILES string of the molecule is CCc1ccc(C(C)Nc2cnn(CCO)c2)s1. The van der Waals surface area contributed by atoms with Gasteiger partial charge < -0.3 is 10.4 Å². The van der Waals surface area contributed by atoms with Crippen LogP contribution in [0.3, 0.4) is 0 Å². The quantitative estimate of drug-likeness (QED) is 0.844. The zero-order valence-corrected chi connectivity index (χ0v) is 11.6. The van der Waals surface area contributed by atoms with E-state index in [2.05, 4.69) is 36.4 Å². The molecule has 18 heavy (non-hydrogen) atoms. The van der Waals surface area contributed by atoms with Crippen LogP contribution in [0.5, 0.6) is 0 Å². The number of aromatic nitrogens is 2. The summed E-state index contributed by atoms with van der Waals surface area (Å²) in [5.41, 5.74) is 0.988. The summed E-state index contributed by atoms with van der Waals surface area (Å²) in [6.45, 7) is 4.97. The van der Waals surface area contributed by atoms with Crippen molar-refractivity contribution >= 4 is 17.0 Å². The van der Waals surface area contributed by atoms with Crippen LogP contribution in [0.2, 0.25) is 0 Å². The van der Waals surface area contributed by atoms with E-state index < -0.39 is 0 Å². The Morgan fingerprint density at radius 2 is 2.33 bits per heavy atom. The zero-order valence-electron chi connectivity index (χ0n) is 10.8. The van der Waals surface area contributed by atoms with E-state index in [1.165, 1.54) is 9.75 Å². The first-order valence-electron chi connectivity index (χ1n) is 6.21. The van der Waals surface area contributed by atoms with Crippen molar-refractivity contribution in [2.45, 2.75) is 32.9 Å². The van der Waals surface area contributed by atoms with E-state index in [0.717, 1.165) is 12.1 Å². The molecule has 0 aromatic carbocycles. The fraction of sp³-hybridized carbons (Fsp3) is 0.462. The number of hydrogen-bond donors (Lipinski definition) is 2. The van der Waals surface area contributed by atoms with Crippen LogP contribution in [0.1, 0.15) is 29.6 Å². The van der Waals surface area contributed by atoms with Crippen LogP contribution in [0.25, 0.3) is 0 Å². The summed E-state index contributed by atoms with van der Waals surface area (Å²) >= 11 is 1.85. The van der Waals surface area contributed by atoms with E-state index >= 15 is 0 Å².